The smallest absolute Gasteiger partial charge is 0.397 e. The third kappa shape index (κ3) is 4.10. The average molecular weight is 445 g/mol. The van der Waals surface area contributed by atoms with Gasteiger partial charge in [0.25, 0.3) is 5.56 Å². The molecule has 4 rings (SSSR count). The number of fused-ring (bicyclic) bond motifs is 1. The van der Waals surface area contributed by atoms with E-state index in [0.29, 0.717) is 24.7 Å². The normalized spacial score (nSPS) is 23.9. The highest BCUT2D eigenvalue weighted by Gasteiger charge is 2.31. The zero-order chi connectivity index (χ0) is 19.7. The summed E-state index contributed by atoms with van der Waals surface area (Å²) in [5, 5.41) is 0.0666. The van der Waals surface area contributed by atoms with Gasteiger partial charge in [-0.3, -0.25) is 23.4 Å². The summed E-state index contributed by atoms with van der Waals surface area (Å²) in [5.74, 6) is 1.31. The van der Waals surface area contributed by atoms with Crippen molar-refractivity contribution in [2.75, 3.05) is 13.7 Å². The molecular formula is C17H18ClN2O6PS. The van der Waals surface area contributed by atoms with Crippen LogP contribution in [-0.2, 0) is 20.4 Å². The molecule has 0 aliphatic carbocycles. The van der Waals surface area contributed by atoms with Crippen molar-refractivity contribution >= 4 is 32.4 Å². The Morgan fingerprint density at radius 3 is 3.11 bits per heavy atom. The van der Waals surface area contributed by atoms with Gasteiger partial charge in [-0.25, -0.2) is 0 Å². The van der Waals surface area contributed by atoms with E-state index < -0.39 is 14.2 Å². The van der Waals surface area contributed by atoms with Gasteiger partial charge in [-0.1, -0.05) is 23.7 Å². The average Bonchev–Trinajstić information content (AvgIpc) is 3.17. The maximum atomic E-state index is 11.5. The van der Waals surface area contributed by atoms with E-state index in [2.05, 4.69) is 4.98 Å². The molecule has 2 aliphatic heterocycles. The van der Waals surface area contributed by atoms with E-state index in [9.17, 15) is 4.79 Å². The Morgan fingerprint density at radius 1 is 1.43 bits per heavy atom. The monoisotopic (exact) mass is 444 g/mol. The summed E-state index contributed by atoms with van der Waals surface area (Å²) in [6.45, 7) is 0.717. The minimum absolute atomic E-state index is 0.0666. The summed E-state index contributed by atoms with van der Waals surface area (Å²) in [4.78, 5) is 14.1. The van der Waals surface area contributed by atoms with Gasteiger partial charge < -0.3 is 14.0 Å². The van der Waals surface area contributed by atoms with E-state index >= 15 is 0 Å². The van der Waals surface area contributed by atoms with Crippen LogP contribution in [-0.4, -0.2) is 29.4 Å². The molecule has 150 valence electrons. The molecule has 11 heteroatoms. The number of aromatic nitrogens is 2. The van der Waals surface area contributed by atoms with Gasteiger partial charge in [0.2, 0.25) is 0 Å². The molecule has 8 nitrogen and oxygen atoms in total. The van der Waals surface area contributed by atoms with E-state index in [0.717, 1.165) is 18.4 Å². The van der Waals surface area contributed by atoms with Crippen LogP contribution in [0.3, 0.4) is 0 Å². The number of nitrogens with zero attached hydrogens (tertiary/aromatic N) is 1. The number of aromatic amines is 1. The van der Waals surface area contributed by atoms with Crippen molar-refractivity contribution in [2.45, 2.75) is 31.8 Å². The standard InChI is InChI=1S/C17H18ClN2O6PS/c1-22-13-4-2-3-10-8-23-27(26-15(10)13)24-9-11-5-6-14(25-11)20-7-12(18)16(21)19-17(20)28/h2-4,7,11,14H,5-6,8-9H2,1H3,(H,19,21,28). The van der Waals surface area contributed by atoms with Gasteiger partial charge in [0.05, 0.1) is 26.4 Å². The molecular weight excluding hydrogens is 427 g/mol. The maximum absolute atomic E-state index is 11.5. The topological polar surface area (TPSA) is 83.9 Å². The molecule has 2 aromatic rings. The first-order chi connectivity index (χ1) is 13.5. The van der Waals surface area contributed by atoms with Crippen molar-refractivity contribution in [2.24, 2.45) is 0 Å². The van der Waals surface area contributed by atoms with Gasteiger partial charge in [0.1, 0.15) is 11.3 Å². The van der Waals surface area contributed by atoms with Crippen LogP contribution in [0.2, 0.25) is 5.02 Å². The molecule has 2 aliphatic rings. The molecule has 0 spiro atoms. The first-order valence-corrected chi connectivity index (χ1v) is 10.5. The summed E-state index contributed by atoms with van der Waals surface area (Å²) in [6.07, 6.45) is 2.54. The molecule has 1 aromatic heterocycles. The summed E-state index contributed by atoms with van der Waals surface area (Å²) < 4.78 is 30.5. The SMILES string of the molecule is COc1cccc2c1OP(OCC1CCC(n3cc(Cl)c(=O)[nH]c3=S)O1)OC2. The first kappa shape index (κ1) is 19.8. The fourth-order valence-electron chi connectivity index (χ4n) is 3.06. The molecule has 1 N–H and O–H groups in total. The summed E-state index contributed by atoms with van der Waals surface area (Å²) in [6, 6.07) is 5.65. The van der Waals surface area contributed by atoms with Crippen LogP contribution in [0.1, 0.15) is 24.6 Å². The first-order valence-electron chi connectivity index (χ1n) is 8.61. The number of hydrogen-bond acceptors (Lipinski definition) is 7. The quantitative estimate of drug-likeness (QED) is 0.549. The third-order valence-electron chi connectivity index (χ3n) is 4.46. The highest BCUT2D eigenvalue weighted by atomic mass is 35.5. The summed E-state index contributed by atoms with van der Waals surface area (Å²) in [5.41, 5.74) is 0.508. The van der Waals surface area contributed by atoms with Crippen LogP contribution in [0.25, 0.3) is 0 Å². The molecule has 0 bridgehead atoms. The molecule has 3 heterocycles. The number of hydrogen-bond donors (Lipinski definition) is 1. The lowest BCUT2D eigenvalue weighted by atomic mass is 10.2. The van der Waals surface area contributed by atoms with Gasteiger partial charge in [-0.05, 0) is 31.1 Å². The minimum Gasteiger partial charge on any atom is -0.493 e. The number of H-pyrrole nitrogens is 1. The second-order valence-corrected chi connectivity index (χ2v) is 8.21. The number of rotatable bonds is 5. The van der Waals surface area contributed by atoms with Crippen LogP contribution < -0.4 is 14.8 Å². The van der Waals surface area contributed by atoms with Crippen LogP contribution in [0.15, 0.2) is 29.2 Å². The Morgan fingerprint density at radius 2 is 2.29 bits per heavy atom. The Bertz CT molecular complexity index is 969. The van der Waals surface area contributed by atoms with Crippen LogP contribution in [0.4, 0.5) is 0 Å². The van der Waals surface area contributed by atoms with E-state index in [1.54, 1.807) is 11.7 Å². The van der Waals surface area contributed by atoms with Gasteiger partial charge in [-0.2, -0.15) is 0 Å². The fourth-order valence-corrected chi connectivity index (χ4v) is 4.54. The lowest BCUT2D eigenvalue weighted by Gasteiger charge is -2.26. The van der Waals surface area contributed by atoms with Crippen molar-refractivity contribution in [3.05, 3.63) is 50.1 Å². The predicted molar refractivity (Wildman–Crippen MR) is 105 cm³/mol. The third-order valence-corrected chi connectivity index (χ3v) is 6.07. The van der Waals surface area contributed by atoms with Crippen molar-refractivity contribution in [1.29, 1.82) is 0 Å². The molecule has 0 amide bonds. The number of halogens is 1. The lowest BCUT2D eigenvalue weighted by Crippen LogP contribution is -2.20. The number of nitrogens with one attached hydrogen (secondary N) is 1. The molecule has 1 saturated heterocycles. The van der Waals surface area contributed by atoms with E-state index in [1.165, 1.54) is 6.20 Å². The minimum atomic E-state index is -1.54. The Hall–Kier alpha value is -1.48. The fraction of sp³-hybridized carbons (Fsp3) is 0.412. The predicted octanol–water partition coefficient (Wildman–Crippen LogP) is 4.10. The van der Waals surface area contributed by atoms with E-state index in [-0.39, 0.29) is 22.1 Å². The highest BCUT2D eigenvalue weighted by molar-refractivity contribution is 7.71. The van der Waals surface area contributed by atoms with E-state index in [1.807, 2.05) is 18.2 Å². The second-order valence-electron chi connectivity index (χ2n) is 6.27. The zero-order valence-electron chi connectivity index (χ0n) is 14.9. The number of methoxy groups -OCH3 is 1. The zero-order valence-corrected chi connectivity index (χ0v) is 17.4. The van der Waals surface area contributed by atoms with Crippen LogP contribution in [0.5, 0.6) is 11.5 Å². The molecule has 3 atom stereocenters. The Labute approximate surface area is 172 Å². The maximum Gasteiger partial charge on any atom is 0.397 e. The van der Waals surface area contributed by atoms with Crippen molar-refractivity contribution in [3.8, 4) is 11.5 Å². The van der Waals surface area contributed by atoms with Crippen molar-refractivity contribution < 1.29 is 23.0 Å². The molecule has 0 radical (unpaired) electrons. The van der Waals surface area contributed by atoms with Gasteiger partial charge in [0, 0.05) is 11.8 Å². The molecule has 1 fully saturated rings. The number of benzene rings is 1. The molecule has 3 unspecified atom stereocenters. The van der Waals surface area contributed by atoms with Crippen molar-refractivity contribution in [1.82, 2.24) is 9.55 Å². The second kappa shape index (κ2) is 8.49. The van der Waals surface area contributed by atoms with Crippen molar-refractivity contribution in [3.63, 3.8) is 0 Å². The molecule has 0 saturated carbocycles. The van der Waals surface area contributed by atoms with Crippen LogP contribution in [0, 0.1) is 4.77 Å². The van der Waals surface area contributed by atoms with Gasteiger partial charge in [-0.15, -0.1) is 0 Å². The Balaban J connectivity index is 1.35. The number of para-hydroxylation sites is 1. The summed E-state index contributed by atoms with van der Waals surface area (Å²) in [7, 11) is 0.0588. The van der Waals surface area contributed by atoms with E-state index in [4.69, 9.17) is 46.9 Å². The molecule has 28 heavy (non-hydrogen) atoms. The summed E-state index contributed by atoms with van der Waals surface area (Å²) >= 11 is 11.1. The largest absolute Gasteiger partial charge is 0.493 e. The lowest BCUT2D eigenvalue weighted by molar-refractivity contribution is -0.0220. The highest BCUT2D eigenvalue weighted by Crippen LogP contribution is 2.50. The van der Waals surface area contributed by atoms with Gasteiger partial charge in [0.15, 0.2) is 16.3 Å². The Kier molecular flexibility index (Phi) is 6.01. The van der Waals surface area contributed by atoms with Gasteiger partial charge >= 0.3 is 8.60 Å². The number of ether oxygens (including phenoxy) is 2. The molecule has 1 aromatic carbocycles. The van der Waals surface area contributed by atoms with Crippen LogP contribution >= 0.6 is 32.4 Å².